The van der Waals surface area contributed by atoms with Gasteiger partial charge < -0.3 is 4.74 Å². The van der Waals surface area contributed by atoms with E-state index in [2.05, 4.69) is 23.9 Å². The maximum atomic E-state index is 12.1. The van der Waals surface area contributed by atoms with E-state index < -0.39 is 5.60 Å². The third-order valence-corrected chi connectivity index (χ3v) is 3.65. The first kappa shape index (κ1) is 16.5. The van der Waals surface area contributed by atoms with Crippen molar-refractivity contribution in [3.8, 4) is 0 Å². The molecule has 0 amide bonds. The summed E-state index contributed by atoms with van der Waals surface area (Å²) in [6, 6.07) is 1.80. The Hall–Kier alpha value is -1.91. The highest BCUT2D eigenvalue weighted by Gasteiger charge is 2.23. The van der Waals surface area contributed by atoms with Crippen molar-refractivity contribution in [1.82, 2.24) is 9.78 Å². The number of allylic oxidation sites excluding steroid dienone is 1. The summed E-state index contributed by atoms with van der Waals surface area (Å²) in [5, 5.41) is 4.30. The Labute approximate surface area is 132 Å². The number of aryl methyl sites for hydroxylation is 1. The lowest BCUT2D eigenvalue weighted by Crippen LogP contribution is -2.24. The molecule has 0 saturated carbocycles. The van der Waals surface area contributed by atoms with E-state index in [0.29, 0.717) is 12.2 Å². The van der Waals surface area contributed by atoms with Gasteiger partial charge in [0.25, 0.3) is 0 Å². The van der Waals surface area contributed by atoms with E-state index in [1.807, 2.05) is 27.8 Å². The minimum Gasteiger partial charge on any atom is -0.455 e. The Morgan fingerprint density at radius 1 is 1.41 bits per heavy atom. The van der Waals surface area contributed by atoms with Crippen LogP contribution in [0.15, 0.2) is 16.6 Å². The zero-order chi connectivity index (χ0) is 16.5. The zero-order valence-corrected chi connectivity index (χ0v) is 14.4. The summed E-state index contributed by atoms with van der Waals surface area (Å²) >= 11 is 0. The number of hydrogen-bond acceptors (Lipinski definition) is 4. The average molecular weight is 303 g/mol. The van der Waals surface area contributed by atoms with Crippen LogP contribution >= 0.6 is 0 Å². The molecule has 0 bridgehead atoms. The largest absolute Gasteiger partial charge is 0.455 e. The van der Waals surface area contributed by atoms with Crippen molar-refractivity contribution >= 4 is 17.3 Å². The lowest BCUT2D eigenvalue weighted by Gasteiger charge is -2.18. The lowest BCUT2D eigenvalue weighted by molar-refractivity contribution is 0.00620. The van der Waals surface area contributed by atoms with E-state index in [1.165, 1.54) is 11.3 Å². The normalized spacial score (nSPS) is 15.8. The second-order valence-corrected chi connectivity index (χ2v) is 6.71. The topological polar surface area (TPSA) is 56.5 Å². The number of carbonyl (C=O) groups excluding carboxylic acids is 1. The SMILES string of the molecule is CCC1=NCC(c2cc(C(=O)OC(C)(C)C)nn2C)=C(C)C1. The van der Waals surface area contributed by atoms with Crippen LogP contribution in [0.2, 0.25) is 0 Å². The maximum absolute atomic E-state index is 12.1. The van der Waals surface area contributed by atoms with Gasteiger partial charge in [0.2, 0.25) is 0 Å². The number of carbonyl (C=O) groups is 1. The first-order valence-electron chi connectivity index (χ1n) is 7.70. The number of esters is 1. The second kappa shape index (κ2) is 6.07. The third kappa shape index (κ3) is 3.64. The summed E-state index contributed by atoms with van der Waals surface area (Å²) in [6.45, 7) is 10.5. The number of aromatic nitrogens is 2. The summed E-state index contributed by atoms with van der Waals surface area (Å²) in [5.41, 5.74) is 4.45. The Bertz CT molecular complexity index is 645. The van der Waals surface area contributed by atoms with Gasteiger partial charge in [0.1, 0.15) is 5.60 Å². The number of aliphatic imine (C=N–C) groups is 1. The predicted molar refractivity (Wildman–Crippen MR) is 88.2 cm³/mol. The summed E-state index contributed by atoms with van der Waals surface area (Å²) < 4.78 is 7.12. The van der Waals surface area contributed by atoms with Crippen LogP contribution in [0.1, 0.15) is 63.6 Å². The van der Waals surface area contributed by atoms with Gasteiger partial charge in [-0.1, -0.05) is 12.5 Å². The molecule has 2 heterocycles. The van der Waals surface area contributed by atoms with Crippen LogP contribution in [0.5, 0.6) is 0 Å². The van der Waals surface area contributed by atoms with Gasteiger partial charge in [0.15, 0.2) is 5.69 Å². The second-order valence-electron chi connectivity index (χ2n) is 6.71. The van der Waals surface area contributed by atoms with Crippen LogP contribution in [-0.2, 0) is 11.8 Å². The first-order valence-corrected chi connectivity index (χ1v) is 7.70. The molecule has 0 aliphatic carbocycles. The van der Waals surface area contributed by atoms with Gasteiger partial charge in [0.05, 0.1) is 12.2 Å². The molecule has 120 valence electrons. The Kier molecular flexibility index (Phi) is 4.54. The van der Waals surface area contributed by atoms with Crippen LogP contribution in [0.25, 0.3) is 5.57 Å². The maximum Gasteiger partial charge on any atom is 0.359 e. The van der Waals surface area contributed by atoms with E-state index in [1.54, 1.807) is 10.7 Å². The van der Waals surface area contributed by atoms with Crippen LogP contribution in [0, 0.1) is 0 Å². The minimum atomic E-state index is -0.519. The van der Waals surface area contributed by atoms with Gasteiger partial charge in [-0.05, 0) is 45.8 Å². The van der Waals surface area contributed by atoms with Gasteiger partial charge in [-0.15, -0.1) is 0 Å². The minimum absolute atomic E-state index is 0.345. The highest BCUT2D eigenvalue weighted by Crippen LogP contribution is 2.26. The van der Waals surface area contributed by atoms with Crippen molar-refractivity contribution in [3.05, 3.63) is 23.0 Å². The molecule has 1 aromatic rings. The van der Waals surface area contributed by atoms with Crippen molar-refractivity contribution in [2.24, 2.45) is 12.0 Å². The highest BCUT2D eigenvalue weighted by molar-refractivity contribution is 5.93. The van der Waals surface area contributed by atoms with E-state index in [0.717, 1.165) is 24.1 Å². The quantitative estimate of drug-likeness (QED) is 0.804. The molecule has 5 heteroatoms. The van der Waals surface area contributed by atoms with E-state index in [9.17, 15) is 4.79 Å². The molecule has 22 heavy (non-hydrogen) atoms. The molecule has 0 spiro atoms. The van der Waals surface area contributed by atoms with Crippen molar-refractivity contribution in [3.63, 3.8) is 0 Å². The summed E-state index contributed by atoms with van der Waals surface area (Å²) in [4.78, 5) is 16.8. The van der Waals surface area contributed by atoms with Crippen molar-refractivity contribution in [2.75, 3.05) is 6.54 Å². The van der Waals surface area contributed by atoms with Crippen LogP contribution < -0.4 is 0 Å². The van der Waals surface area contributed by atoms with Gasteiger partial charge in [-0.2, -0.15) is 5.10 Å². The van der Waals surface area contributed by atoms with Crippen molar-refractivity contribution < 1.29 is 9.53 Å². The monoisotopic (exact) mass is 303 g/mol. The van der Waals surface area contributed by atoms with Crippen LogP contribution in [-0.4, -0.2) is 33.6 Å². The molecular formula is C17H25N3O2. The molecule has 5 nitrogen and oxygen atoms in total. The molecule has 0 saturated heterocycles. The average Bonchev–Trinajstić information content (AvgIpc) is 2.79. The molecule has 0 fully saturated rings. The molecule has 1 aliphatic heterocycles. The fourth-order valence-electron chi connectivity index (χ4n) is 2.51. The number of ether oxygens (including phenoxy) is 1. The van der Waals surface area contributed by atoms with E-state index in [-0.39, 0.29) is 5.97 Å². The first-order chi connectivity index (χ1) is 10.2. The Morgan fingerprint density at radius 2 is 2.09 bits per heavy atom. The molecule has 0 atom stereocenters. The van der Waals surface area contributed by atoms with E-state index >= 15 is 0 Å². The number of nitrogens with zero attached hydrogens (tertiary/aromatic N) is 3. The fourth-order valence-corrected chi connectivity index (χ4v) is 2.51. The smallest absolute Gasteiger partial charge is 0.359 e. The number of rotatable bonds is 3. The van der Waals surface area contributed by atoms with Crippen molar-refractivity contribution in [2.45, 2.75) is 53.1 Å². The molecule has 1 aromatic heterocycles. The summed E-state index contributed by atoms with van der Waals surface area (Å²) in [6.07, 6.45) is 1.89. The molecular weight excluding hydrogens is 278 g/mol. The van der Waals surface area contributed by atoms with Crippen LogP contribution in [0.4, 0.5) is 0 Å². The summed E-state index contributed by atoms with van der Waals surface area (Å²) in [7, 11) is 1.85. The fraction of sp³-hybridized carbons (Fsp3) is 0.588. The third-order valence-electron chi connectivity index (χ3n) is 3.65. The zero-order valence-electron chi connectivity index (χ0n) is 14.4. The van der Waals surface area contributed by atoms with Gasteiger partial charge in [0, 0.05) is 19.2 Å². The Morgan fingerprint density at radius 3 is 2.64 bits per heavy atom. The lowest BCUT2D eigenvalue weighted by atomic mass is 9.97. The molecule has 1 aliphatic rings. The van der Waals surface area contributed by atoms with Crippen molar-refractivity contribution in [1.29, 1.82) is 0 Å². The standard InChI is InChI=1S/C17H25N3O2/c1-7-12-8-11(2)13(10-18-12)15-9-14(19-20(15)6)16(21)22-17(3,4)5/h9H,7-8,10H2,1-6H3. The molecule has 0 unspecified atom stereocenters. The summed E-state index contributed by atoms with van der Waals surface area (Å²) in [5.74, 6) is -0.388. The number of hydrogen-bond donors (Lipinski definition) is 0. The van der Waals surface area contributed by atoms with Gasteiger partial charge in [-0.3, -0.25) is 9.67 Å². The molecule has 0 radical (unpaired) electrons. The van der Waals surface area contributed by atoms with Crippen LogP contribution in [0.3, 0.4) is 0 Å². The van der Waals surface area contributed by atoms with Gasteiger partial charge >= 0.3 is 5.97 Å². The molecule has 2 rings (SSSR count). The number of dihydropyridines is 1. The predicted octanol–water partition coefficient (Wildman–Crippen LogP) is 3.40. The Balaban J connectivity index is 2.26. The molecule has 0 aromatic carbocycles. The molecule has 0 N–H and O–H groups in total. The van der Waals surface area contributed by atoms with E-state index in [4.69, 9.17) is 4.74 Å². The van der Waals surface area contributed by atoms with Gasteiger partial charge in [-0.25, -0.2) is 4.79 Å². The highest BCUT2D eigenvalue weighted by atomic mass is 16.6.